The van der Waals surface area contributed by atoms with E-state index in [1.807, 2.05) is 12.1 Å². The van der Waals surface area contributed by atoms with Crippen LogP contribution in [0.3, 0.4) is 0 Å². The Kier molecular flexibility index (Phi) is 2.31. The van der Waals surface area contributed by atoms with Crippen LogP contribution in [-0.4, -0.2) is 45.9 Å². The summed E-state index contributed by atoms with van der Waals surface area (Å²) in [7, 11) is 2.13. The van der Waals surface area contributed by atoms with Gasteiger partial charge in [0, 0.05) is 24.3 Å². The van der Waals surface area contributed by atoms with Crippen molar-refractivity contribution in [2.24, 2.45) is 5.92 Å². The number of phenols is 1. The standard InChI is InChI=1S/C17H19NO3S/c1-18(22)7-6-17-10-3-5-13(20)16(17)21-15-12(19)4-2-9(14(15)17)8-11(10)18/h2-5,10-11,13,16,19-20H,6-8H2,1H3/t10-,11-,13-,16-,17-,18?/m0/s1. The number of ether oxygens (including phenoxy) is 1. The fourth-order valence-corrected chi connectivity index (χ4v) is 5.68. The summed E-state index contributed by atoms with van der Waals surface area (Å²) in [5.41, 5.74) is 2.14. The molecule has 2 bridgehead atoms. The molecular formula is C17H19NO3S. The van der Waals surface area contributed by atoms with Gasteiger partial charge in [-0.1, -0.05) is 18.2 Å². The fourth-order valence-electron chi connectivity index (χ4n) is 5.39. The number of piperidine rings is 1. The van der Waals surface area contributed by atoms with Crippen molar-refractivity contribution in [3.05, 3.63) is 35.4 Å². The van der Waals surface area contributed by atoms with Gasteiger partial charge in [0.1, 0.15) is 12.2 Å². The second-order valence-corrected chi connectivity index (χ2v) is 8.18. The molecule has 22 heavy (non-hydrogen) atoms. The predicted molar refractivity (Wildman–Crippen MR) is 83.4 cm³/mol. The predicted octanol–water partition coefficient (Wildman–Crippen LogP) is 1.17. The smallest absolute Gasteiger partial charge is 0.165 e. The Balaban J connectivity index is 1.84. The lowest BCUT2D eigenvalue weighted by molar-refractivity contribution is -0.815. The lowest BCUT2D eigenvalue weighted by atomic mass is 9.53. The summed E-state index contributed by atoms with van der Waals surface area (Å²) in [4.78, 5) is 0. The van der Waals surface area contributed by atoms with Crippen LogP contribution in [0.4, 0.5) is 0 Å². The molecule has 6 atom stereocenters. The molecule has 2 aliphatic heterocycles. The summed E-state index contributed by atoms with van der Waals surface area (Å²) in [5, 5.41) is 20.7. The highest BCUT2D eigenvalue weighted by atomic mass is 32.1. The van der Waals surface area contributed by atoms with Crippen LogP contribution >= 0.6 is 0 Å². The molecule has 2 aliphatic carbocycles. The molecule has 4 nitrogen and oxygen atoms in total. The number of aliphatic hydroxyl groups is 1. The zero-order valence-electron chi connectivity index (χ0n) is 12.4. The van der Waals surface area contributed by atoms with E-state index in [2.05, 4.69) is 13.1 Å². The highest BCUT2D eigenvalue weighted by Crippen LogP contribution is 2.63. The van der Waals surface area contributed by atoms with E-state index >= 15 is 0 Å². The van der Waals surface area contributed by atoms with Gasteiger partial charge < -0.3 is 31.7 Å². The Morgan fingerprint density at radius 3 is 3.00 bits per heavy atom. The van der Waals surface area contributed by atoms with Gasteiger partial charge in [0.05, 0.1) is 25.0 Å². The van der Waals surface area contributed by atoms with Crippen LogP contribution in [0, 0.1) is 5.92 Å². The number of likely N-dealkylation sites (tertiary alicyclic amines) is 1. The molecule has 0 amide bonds. The van der Waals surface area contributed by atoms with Crippen LogP contribution in [0.15, 0.2) is 24.3 Å². The van der Waals surface area contributed by atoms with Gasteiger partial charge in [0.15, 0.2) is 11.5 Å². The molecule has 0 aromatic heterocycles. The number of benzene rings is 1. The number of nitrogens with zero attached hydrogens (tertiary/aromatic N) is 1. The van der Waals surface area contributed by atoms with Crippen LogP contribution in [0.5, 0.6) is 11.5 Å². The third-order valence-electron chi connectivity index (χ3n) is 6.38. The molecule has 4 aliphatic rings. The lowest BCUT2D eigenvalue weighted by Crippen LogP contribution is -2.69. The molecule has 5 heteroatoms. The normalized spacial score (nSPS) is 47.0. The molecule has 116 valence electrons. The molecule has 1 saturated heterocycles. The summed E-state index contributed by atoms with van der Waals surface area (Å²) in [6.07, 6.45) is 4.88. The van der Waals surface area contributed by atoms with Gasteiger partial charge in [-0.2, -0.15) is 0 Å². The first-order valence-electron chi connectivity index (χ1n) is 7.90. The van der Waals surface area contributed by atoms with Gasteiger partial charge in [-0.3, -0.25) is 0 Å². The number of phenolic OH excluding ortho intramolecular Hbond substituents is 1. The molecule has 1 aromatic carbocycles. The molecule has 2 heterocycles. The molecule has 1 unspecified atom stereocenters. The summed E-state index contributed by atoms with van der Waals surface area (Å²) < 4.78 is 6.69. The van der Waals surface area contributed by atoms with Crippen LogP contribution in [0.25, 0.3) is 0 Å². The van der Waals surface area contributed by atoms with Crippen molar-refractivity contribution >= 4 is 12.8 Å². The molecular weight excluding hydrogens is 298 g/mol. The molecule has 1 spiro atoms. The number of rotatable bonds is 0. The Hall–Kier alpha value is -1.17. The van der Waals surface area contributed by atoms with Gasteiger partial charge in [-0.15, -0.1) is 0 Å². The average Bonchev–Trinajstić information content (AvgIpc) is 2.84. The van der Waals surface area contributed by atoms with Crippen LogP contribution in [0.1, 0.15) is 17.5 Å². The lowest BCUT2D eigenvalue weighted by Gasteiger charge is -2.63. The second kappa shape index (κ2) is 3.83. The molecule has 5 rings (SSSR count). The Labute approximate surface area is 135 Å². The first kappa shape index (κ1) is 13.3. The van der Waals surface area contributed by atoms with E-state index < -0.39 is 6.10 Å². The minimum Gasteiger partial charge on any atom is -0.504 e. The van der Waals surface area contributed by atoms with Crippen molar-refractivity contribution in [2.45, 2.75) is 36.5 Å². The van der Waals surface area contributed by atoms with Gasteiger partial charge >= 0.3 is 0 Å². The first-order chi connectivity index (χ1) is 10.4. The Morgan fingerprint density at radius 2 is 2.18 bits per heavy atom. The largest absolute Gasteiger partial charge is 0.504 e. The zero-order valence-corrected chi connectivity index (χ0v) is 13.2. The van der Waals surface area contributed by atoms with E-state index in [-0.39, 0.29) is 23.2 Å². The fraction of sp³-hybridized carbons (Fsp3) is 0.529. The molecule has 1 fully saturated rings. The third-order valence-corrected chi connectivity index (χ3v) is 6.83. The second-order valence-electron chi connectivity index (χ2n) is 7.35. The summed E-state index contributed by atoms with van der Waals surface area (Å²) >= 11 is 5.86. The van der Waals surface area contributed by atoms with Gasteiger partial charge in [-0.25, -0.2) is 0 Å². The first-order valence-corrected chi connectivity index (χ1v) is 8.26. The maximum atomic E-state index is 10.5. The van der Waals surface area contributed by atoms with Gasteiger partial charge in [0.2, 0.25) is 0 Å². The number of likely N-dealkylation sites (N-methyl/N-ethyl adjacent to an activating group) is 1. The van der Waals surface area contributed by atoms with E-state index in [1.54, 1.807) is 6.07 Å². The number of aliphatic hydroxyl groups excluding tert-OH is 1. The van der Waals surface area contributed by atoms with Crippen molar-refractivity contribution < 1.29 is 18.8 Å². The average molecular weight is 317 g/mol. The highest BCUT2D eigenvalue weighted by Gasteiger charge is 2.66. The number of aromatic hydroxyl groups is 1. The maximum absolute atomic E-state index is 10.5. The van der Waals surface area contributed by atoms with Crippen molar-refractivity contribution in [3.63, 3.8) is 0 Å². The summed E-state index contributed by atoms with van der Waals surface area (Å²) in [6, 6.07) is 4.05. The van der Waals surface area contributed by atoms with E-state index in [9.17, 15) is 10.2 Å². The molecule has 0 saturated carbocycles. The van der Waals surface area contributed by atoms with Crippen molar-refractivity contribution in [1.29, 1.82) is 0 Å². The van der Waals surface area contributed by atoms with Crippen molar-refractivity contribution in [1.82, 2.24) is 0 Å². The zero-order chi connectivity index (χ0) is 15.3. The SMILES string of the molecule is C[N+]1([S-])CC[C@]23c4c5ccc(O)c4O[C@H]2[C@@H](O)C=C[C@H]3[C@@H]1C5. The monoisotopic (exact) mass is 317 g/mol. The minimum absolute atomic E-state index is 0.188. The van der Waals surface area contributed by atoms with E-state index in [0.717, 1.165) is 24.9 Å². The van der Waals surface area contributed by atoms with Crippen LogP contribution < -0.4 is 4.74 Å². The van der Waals surface area contributed by atoms with E-state index in [1.165, 1.54) is 5.56 Å². The highest BCUT2D eigenvalue weighted by molar-refractivity contribution is 7.52. The minimum atomic E-state index is -0.628. The number of hydrogen-bond donors (Lipinski definition) is 2. The van der Waals surface area contributed by atoms with Gasteiger partial charge in [0.25, 0.3) is 0 Å². The van der Waals surface area contributed by atoms with Crippen LogP contribution in [0.2, 0.25) is 0 Å². The number of quaternary nitrogens is 1. The Bertz CT molecular complexity index is 716. The Morgan fingerprint density at radius 1 is 1.36 bits per heavy atom. The third kappa shape index (κ3) is 1.30. The van der Waals surface area contributed by atoms with Crippen molar-refractivity contribution in [3.8, 4) is 11.5 Å². The molecule has 2 N–H and O–H groups in total. The maximum Gasteiger partial charge on any atom is 0.165 e. The van der Waals surface area contributed by atoms with E-state index in [0.29, 0.717) is 15.7 Å². The van der Waals surface area contributed by atoms with E-state index in [4.69, 9.17) is 17.6 Å². The quantitative estimate of drug-likeness (QED) is 0.428. The van der Waals surface area contributed by atoms with Gasteiger partial charge in [-0.05, 0) is 11.6 Å². The topological polar surface area (TPSA) is 49.7 Å². The van der Waals surface area contributed by atoms with Crippen LogP contribution in [-0.2, 0) is 24.7 Å². The summed E-state index contributed by atoms with van der Waals surface area (Å²) in [5.74, 6) is 1.05. The summed E-state index contributed by atoms with van der Waals surface area (Å²) in [6.45, 7) is 0.894. The van der Waals surface area contributed by atoms with Crippen molar-refractivity contribution in [2.75, 3.05) is 13.6 Å². The molecule has 1 aromatic rings. The molecule has 0 radical (unpaired) electrons. The number of hydrogen-bond acceptors (Lipinski definition) is 4.